The maximum absolute atomic E-state index is 6.28. The number of hydrogen-bond donors (Lipinski definition) is 0. The summed E-state index contributed by atoms with van der Waals surface area (Å²) in [5, 5.41) is 4.39. The van der Waals surface area contributed by atoms with Crippen molar-refractivity contribution in [1.82, 2.24) is 29.5 Å². The highest BCUT2D eigenvalue weighted by molar-refractivity contribution is 9.10. The molecule has 4 rings (SSSR count). The van der Waals surface area contributed by atoms with Gasteiger partial charge < -0.3 is 9.64 Å². The Morgan fingerprint density at radius 1 is 1.16 bits per heavy atom. The summed E-state index contributed by atoms with van der Waals surface area (Å²) in [4.78, 5) is 19.7. The van der Waals surface area contributed by atoms with E-state index in [0.29, 0.717) is 11.6 Å². The fourth-order valence-corrected chi connectivity index (χ4v) is 3.30. The van der Waals surface area contributed by atoms with Gasteiger partial charge in [-0.3, -0.25) is 0 Å². The Morgan fingerprint density at radius 3 is 2.76 bits per heavy atom. The zero-order valence-corrected chi connectivity index (χ0v) is 15.9. The van der Waals surface area contributed by atoms with Crippen LogP contribution in [-0.2, 0) is 0 Å². The lowest BCUT2D eigenvalue weighted by molar-refractivity contribution is 0.219. The molecule has 4 heterocycles. The summed E-state index contributed by atoms with van der Waals surface area (Å²) in [6.45, 7) is 7.44. The lowest BCUT2D eigenvalue weighted by atomic mass is 10.3. The van der Waals surface area contributed by atoms with E-state index in [0.717, 1.165) is 47.1 Å². The number of rotatable bonds is 3. The molecular weight excluding hydrogens is 386 g/mol. The van der Waals surface area contributed by atoms with Gasteiger partial charge in [-0.25, -0.2) is 15.0 Å². The molecule has 0 unspecified atom stereocenters. The molecule has 1 atom stereocenters. The lowest BCUT2D eigenvalue weighted by Gasteiger charge is -2.19. The van der Waals surface area contributed by atoms with Gasteiger partial charge in [-0.2, -0.15) is 9.50 Å². The van der Waals surface area contributed by atoms with E-state index in [-0.39, 0.29) is 6.10 Å². The second-order valence-corrected chi connectivity index (χ2v) is 6.97. The van der Waals surface area contributed by atoms with Crippen molar-refractivity contribution in [3.8, 4) is 5.75 Å². The molecule has 0 saturated carbocycles. The molecule has 0 aliphatic carbocycles. The Bertz CT molecular complexity index is 924. The summed E-state index contributed by atoms with van der Waals surface area (Å²) in [6, 6.07) is 0. The number of hydrogen-bond acceptors (Lipinski definition) is 7. The van der Waals surface area contributed by atoms with E-state index in [1.807, 2.05) is 20.8 Å². The minimum absolute atomic E-state index is 0.0757. The van der Waals surface area contributed by atoms with E-state index in [1.165, 1.54) is 0 Å². The fraction of sp³-hybridized carbons (Fsp3) is 0.438. The van der Waals surface area contributed by atoms with Crippen molar-refractivity contribution in [3.05, 3.63) is 34.2 Å². The largest absolute Gasteiger partial charge is 0.485 e. The SMILES string of the molecule is Cc1nc2nc(C)c(O[C@@H]3CCN(c4cnc(Br)cn4)C3)c(C)n2n1. The fourth-order valence-electron chi connectivity index (χ4n) is 3.10. The molecule has 0 bridgehead atoms. The van der Waals surface area contributed by atoms with Crippen molar-refractivity contribution < 1.29 is 4.74 Å². The summed E-state index contributed by atoms with van der Waals surface area (Å²) in [6.07, 6.45) is 4.48. The lowest BCUT2D eigenvalue weighted by Crippen LogP contribution is -2.26. The van der Waals surface area contributed by atoms with Crippen LogP contribution in [0.2, 0.25) is 0 Å². The van der Waals surface area contributed by atoms with E-state index in [4.69, 9.17) is 4.74 Å². The van der Waals surface area contributed by atoms with Gasteiger partial charge in [0.25, 0.3) is 5.78 Å². The first-order valence-electron chi connectivity index (χ1n) is 8.11. The highest BCUT2D eigenvalue weighted by Gasteiger charge is 2.27. The van der Waals surface area contributed by atoms with Crippen LogP contribution in [0.4, 0.5) is 5.82 Å². The molecule has 0 radical (unpaired) electrons. The van der Waals surface area contributed by atoms with Gasteiger partial charge in [-0.05, 0) is 36.7 Å². The predicted molar refractivity (Wildman–Crippen MR) is 96.0 cm³/mol. The number of halogens is 1. The van der Waals surface area contributed by atoms with E-state index >= 15 is 0 Å². The maximum atomic E-state index is 6.28. The first-order valence-corrected chi connectivity index (χ1v) is 8.90. The molecule has 9 heteroatoms. The normalized spacial score (nSPS) is 17.4. The number of aryl methyl sites for hydroxylation is 3. The quantitative estimate of drug-likeness (QED) is 0.662. The number of anilines is 1. The molecule has 1 aliphatic rings. The third-order valence-electron chi connectivity index (χ3n) is 4.30. The average Bonchev–Trinajstić information content (AvgIpc) is 3.18. The summed E-state index contributed by atoms with van der Waals surface area (Å²) >= 11 is 3.31. The third-order valence-corrected chi connectivity index (χ3v) is 4.71. The molecule has 1 aliphatic heterocycles. The molecule has 8 nitrogen and oxygen atoms in total. The highest BCUT2D eigenvalue weighted by Crippen LogP contribution is 2.27. The van der Waals surface area contributed by atoms with Crippen molar-refractivity contribution in [1.29, 1.82) is 0 Å². The Hall–Kier alpha value is -2.29. The second-order valence-electron chi connectivity index (χ2n) is 6.15. The number of ether oxygens (including phenoxy) is 1. The summed E-state index contributed by atoms with van der Waals surface area (Å²) in [7, 11) is 0. The van der Waals surface area contributed by atoms with E-state index in [2.05, 4.69) is 45.9 Å². The van der Waals surface area contributed by atoms with E-state index < -0.39 is 0 Å². The van der Waals surface area contributed by atoms with Crippen LogP contribution in [0, 0.1) is 20.8 Å². The number of nitrogens with zero attached hydrogens (tertiary/aromatic N) is 7. The molecule has 1 saturated heterocycles. The van der Waals surface area contributed by atoms with Crippen molar-refractivity contribution in [2.75, 3.05) is 18.0 Å². The monoisotopic (exact) mass is 403 g/mol. The topological polar surface area (TPSA) is 81.3 Å². The Morgan fingerprint density at radius 2 is 2.00 bits per heavy atom. The molecule has 0 aromatic carbocycles. The van der Waals surface area contributed by atoms with Gasteiger partial charge in [-0.1, -0.05) is 0 Å². The molecule has 0 N–H and O–H groups in total. The van der Waals surface area contributed by atoms with Crippen molar-refractivity contribution in [3.63, 3.8) is 0 Å². The van der Waals surface area contributed by atoms with Gasteiger partial charge in [0.1, 0.15) is 22.3 Å². The molecule has 0 spiro atoms. The maximum Gasteiger partial charge on any atom is 0.253 e. The van der Waals surface area contributed by atoms with Crippen LogP contribution < -0.4 is 9.64 Å². The molecule has 0 amide bonds. The van der Waals surface area contributed by atoms with Crippen LogP contribution in [0.5, 0.6) is 5.75 Å². The standard InChI is InChI=1S/C16H18BrN7O/c1-9-15(10(2)24-16(20-9)21-11(3)22-24)25-12-4-5-23(8-12)14-7-18-13(17)6-19-14/h6-7,12H,4-5,8H2,1-3H3/t12-/m1/s1. The van der Waals surface area contributed by atoms with Crippen LogP contribution in [0.15, 0.2) is 17.0 Å². The Kier molecular flexibility index (Phi) is 4.03. The van der Waals surface area contributed by atoms with Crippen molar-refractivity contribution >= 4 is 27.5 Å². The van der Waals surface area contributed by atoms with Crippen molar-refractivity contribution in [2.45, 2.75) is 33.3 Å². The van der Waals surface area contributed by atoms with Gasteiger partial charge in [0.15, 0.2) is 5.75 Å². The van der Waals surface area contributed by atoms with Gasteiger partial charge in [-0.15, -0.1) is 5.10 Å². The van der Waals surface area contributed by atoms with Crippen LogP contribution >= 0.6 is 15.9 Å². The predicted octanol–water partition coefficient (Wildman–Crippen LogP) is 2.26. The van der Waals surface area contributed by atoms with Crippen molar-refractivity contribution in [2.24, 2.45) is 0 Å². The highest BCUT2D eigenvalue weighted by atomic mass is 79.9. The Labute approximate surface area is 153 Å². The van der Waals surface area contributed by atoms with Gasteiger partial charge in [0.2, 0.25) is 0 Å². The van der Waals surface area contributed by atoms with Gasteiger partial charge in [0, 0.05) is 13.0 Å². The van der Waals surface area contributed by atoms with E-state index in [1.54, 1.807) is 16.9 Å². The molecule has 1 fully saturated rings. The first-order chi connectivity index (χ1) is 12.0. The van der Waals surface area contributed by atoms with Gasteiger partial charge >= 0.3 is 0 Å². The van der Waals surface area contributed by atoms with Gasteiger partial charge in [0.05, 0.1) is 30.3 Å². The van der Waals surface area contributed by atoms with E-state index in [9.17, 15) is 0 Å². The molecular formula is C16H18BrN7O. The number of aromatic nitrogens is 6. The molecule has 25 heavy (non-hydrogen) atoms. The number of fused-ring (bicyclic) bond motifs is 1. The zero-order valence-electron chi connectivity index (χ0n) is 14.3. The summed E-state index contributed by atoms with van der Waals surface area (Å²) in [5.74, 6) is 2.96. The average molecular weight is 404 g/mol. The minimum atomic E-state index is 0.0757. The summed E-state index contributed by atoms with van der Waals surface area (Å²) < 4.78 is 8.75. The van der Waals surface area contributed by atoms with Crippen LogP contribution in [0.25, 0.3) is 5.78 Å². The second kappa shape index (κ2) is 6.21. The zero-order chi connectivity index (χ0) is 17.6. The first kappa shape index (κ1) is 16.2. The Balaban J connectivity index is 1.55. The molecule has 130 valence electrons. The van der Waals surface area contributed by atoms with Crippen LogP contribution in [0.1, 0.15) is 23.6 Å². The third kappa shape index (κ3) is 3.04. The molecule has 3 aromatic rings. The minimum Gasteiger partial charge on any atom is -0.485 e. The van der Waals surface area contributed by atoms with Crippen LogP contribution in [-0.4, -0.2) is 48.7 Å². The summed E-state index contributed by atoms with van der Waals surface area (Å²) in [5.41, 5.74) is 1.75. The molecule has 3 aromatic heterocycles. The van der Waals surface area contributed by atoms with Crippen LogP contribution in [0.3, 0.4) is 0 Å². The smallest absolute Gasteiger partial charge is 0.253 e.